The van der Waals surface area contributed by atoms with Gasteiger partial charge in [0.25, 0.3) is 0 Å². The van der Waals surface area contributed by atoms with Crippen LogP contribution < -0.4 is 9.47 Å². The maximum atomic E-state index is 11.3. The molecule has 0 fully saturated rings. The van der Waals surface area contributed by atoms with Crippen molar-refractivity contribution < 1.29 is 14.3 Å². The molecule has 2 aromatic carbocycles. The first-order chi connectivity index (χ1) is 10.2. The van der Waals surface area contributed by atoms with Gasteiger partial charge in [0.05, 0.1) is 14.2 Å². The van der Waals surface area contributed by atoms with Gasteiger partial charge < -0.3 is 9.47 Å². The van der Waals surface area contributed by atoms with Gasteiger partial charge in [-0.05, 0) is 35.8 Å². The van der Waals surface area contributed by atoms with Crippen molar-refractivity contribution in [2.45, 2.75) is 6.92 Å². The number of carbonyl (C=O) groups is 1. The van der Waals surface area contributed by atoms with Crippen molar-refractivity contribution in [3.63, 3.8) is 0 Å². The summed E-state index contributed by atoms with van der Waals surface area (Å²) in [7, 11) is 3.13. The Morgan fingerprint density at radius 3 is 2.05 bits per heavy atom. The molecule has 0 radical (unpaired) electrons. The van der Waals surface area contributed by atoms with Gasteiger partial charge in [0.15, 0.2) is 17.8 Å². The summed E-state index contributed by atoms with van der Waals surface area (Å²) in [5, 5.41) is 0. The highest BCUT2D eigenvalue weighted by molar-refractivity contribution is 5.89. The summed E-state index contributed by atoms with van der Waals surface area (Å²) in [6.45, 7) is 2.01. The minimum absolute atomic E-state index is 0.550. The van der Waals surface area contributed by atoms with E-state index in [1.165, 1.54) is 0 Å². The third-order valence-corrected chi connectivity index (χ3v) is 3.32. The van der Waals surface area contributed by atoms with Crippen LogP contribution in [0.4, 0.5) is 0 Å². The van der Waals surface area contributed by atoms with Crippen LogP contribution in [0.25, 0.3) is 11.6 Å². The smallest absolute Gasteiger partial charge is 0.161 e. The topological polar surface area (TPSA) is 35.5 Å². The largest absolute Gasteiger partial charge is 0.493 e. The van der Waals surface area contributed by atoms with E-state index in [2.05, 4.69) is 0 Å². The predicted octanol–water partition coefficient (Wildman–Crippen LogP) is 4.08. The number of rotatable bonds is 5. The molecule has 0 heterocycles. The zero-order chi connectivity index (χ0) is 15.2. The third-order valence-electron chi connectivity index (χ3n) is 3.32. The molecule has 2 aromatic rings. The SMILES string of the molecule is COc1cc(C=O)c(/C=C(\C)c2ccccc2)cc1OC. The Morgan fingerprint density at radius 1 is 0.952 bits per heavy atom. The molecule has 0 bridgehead atoms. The van der Waals surface area contributed by atoms with Crippen LogP contribution in [0.3, 0.4) is 0 Å². The molecule has 0 amide bonds. The van der Waals surface area contributed by atoms with E-state index in [1.807, 2.05) is 49.4 Å². The number of ether oxygens (including phenoxy) is 2. The zero-order valence-corrected chi connectivity index (χ0v) is 12.4. The van der Waals surface area contributed by atoms with E-state index < -0.39 is 0 Å². The number of hydrogen-bond acceptors (Lipinski definition) is 3. The molecule has 3 heteroatoms. The maximum absolute atomic E-state index is 11.3. The minimum atomic E-state index is 0.550. The Hall–Kier alpha value is -2.55. The van der Waals surface area contributed by atoms with Crippen molar-refractivity contribution in [1.29, 1.82) is 0 Å². The normalized spacial score (nSPS) is 11.1. The molecule has 2 rings (SSSR count). The number of methoxy groups -OCH3 is 2. The number of aldehydes is 1. The lowest BCUT2D eigenvalue weighted by atomic mass is 10.0. The Kier molecular flexibility index (Phi) is 4.77. The molecule has 108 valence electrons. The highest BCUT2D eigenvalue weighted by Gasteiger charge is 2.09. The molecule has 0 unspecified atom stereocenters. The van der Waals surface area contributed by atoms with E-state index in [4.69, 9.17) is 9.47 Å². The summed E-state index contributed by atoms with van der Waals surface area (Å²) in [6, 6.07) is 13.5. The van der Waals surface area contributed by atoms with Crippen molar-refractivity contribution in [1.82, 2.24) is 0 Å². The van der Waals surface area contributed by atoms with Gasteiger partial charge in [-0.15, -0.1) is 0 Å². The standard InChI is InChI=1S/C18H18O3/c1-13(14-7-5-4-6-8-14)9-15-10-17(20-2)18(21-3)11-16(15)12-19/h4-12H,1-3H3/b13-9+. The van der Waals surface area contributed by atoms with Crippen LogP contribution in [-0.2, 0) is 0 Å². The fourth-order valence-electron chi connectivity index (χ4n) is 2.16. The van der Waals surface area contributed by atoms with Crippen molar-refractivity contribution in [3.05, 3.63) is 59.2 Å². The lowest BCUT2D eigenvalue weighted by Gasteiger charge is -2.11. The lowest BCUT2D eigenvalue weighted by molar-refractivity contribution is 0.112. The van der Waals surface area contributed by atoms with E-state index in [1.54, 1.807) is 20.3 Å². The molecule has 0 saturated carbocycles. The quantitative estimate of drug-likeness (QED) is 0.612. The molecule has 0 atom stereocenters. The van der Waals surface area contributed by atoms with Crippen LogP contribution >= 0.6 is 0 Å². The highest BCUT2D eigenvalue weighted by Crippen LogP contribution is 2.31. The van der Waals surface area contributed by atoms with Crippen molar-refractivity contribution >= 4 is 17.9 Å². The fourth-order valence-corrected chi connectivity index (χ4v) is 2.16. The summed E-state index contributed by atoms with van der Waals surface area (Å²) in [5.41, 5.74) is 3.57. The van der Waals surface area contributed by atoms with Gasteiger partial charge in [-0.3, -0.25) is 4.79 Å². The molecule has 0 aliphatic rings. The third kappa shape index (κ3) is 3.31. The van der Waals surface area contributed by atoms with Crippen LogP contribution in [0.5, 0.6) is 11.5 Å². The van der Waals surface area contributed by atoms with Gasteiger partial charge in [0.1, 0.15) is 0 Å². The summed E-state index contributed by atoms with van der Waals surface area (Å²) in [4.78, 5) is 11.3. The summed E-state index contributed by atoms with van der Waals surface area (Å²) in [6.07, 6.45) is 2.80. The molecule has 0 N–H and O–H groups in total. The van der Waals surface area contributed by atoms with Crippen LogP contribution in [0, 0.1) is 0 Å². The second-order valence-corrected chi connectivity index (χ2v) is 4.65. The van der Waals surface area contributed by atoms with Crippen molar-refractivity contribution in [3.8, 4) is 11.5 Å². The first kappa shape index (κ1) is 14.9. The first-order valence-electron chi connectivity index (χ1n) is 6.64. The number of benzene rings is 2. The molecular formula is C18H18O3. The van der Waals surface area contributed by atoms with Crippen LogP contribution in [0.2, 0.25) is 0 Å². The molecule has 0 aliphatic carbocycles. The fraction of sp³-hybridized carbons (Fsp3) is 0.167. The van der Waals surface area contributed by atoms with E-state index in [0.717, 1.165) is 23.0 Å². The second-order valence-electron chi connectivity index (χ2n) is 4.65. The maximum Gasteiger partial charge on any atom is 0.161 e. The van der Waals surface area contributed by atoms with Crippen LogP contribution in [0.1, 0.15) is 28.4 Å². The van der Waals surface area contributed by atoms with Crippen molar-refractivity contribution in [2.24, 2.45) is 0 Å². The van der Waals surface area contributed by atoms with Crippen LogP contribution in [0.15, 0.2) is 42.5 Å². The molecule has 0 aliphatic heterocycles. The van der Waals surface area contributed by atoms with E-state index in [9.17, 15) is 4.79 Å². The predicted molar refractivity (Wildman–Crippen MR) is 84.9 cm³/mol. The number of hydrogen-bond donors (Lipinski definition) is 0. The van der Waals surface area contributed by atoms with Gasteiger partial charge in [-0.2, -0.15) is 0 Å². The van der Waals surface area contributed by atoms with Gasteiger partial charge in [0.2, 0.25) is 0 Å². The Balaban J connectivity index is 2.50. The number of carbonyl (C=O) groups excluding carboxylic acids is 1. The van der Waals surface area contributed by atoms with E-state index >= 15 is 0 Å². The second kappa shape index (κ2) is 6.75. The Bertz CT molecular complexity index is 658. The molecular weight excluding hydrogens is 264 g/mol. The van der Waals surface area contributed by atoms with Gasteiger partial charge in [-0.25, -0.2) is 0 Å². The van der Waals surface area contributed by atoms with Crippen molar-refractivity contribution in [2.75, 3.05) is 14.2 Å². The molecule has 0 aromatic heterocycles. The summed E-state index contributed by atoms with van der Waals surface area (Å²) >= 11 is 0. The summed E-state index contributed by atoms with van der Waals surface area (Å²) in [5.74, 6) is 1.16. The average molecular weight is 282 g/mol. The summed E-state index contributed by atoms with van der Waals surface area (Å²) < 4.78 is 10.5. The minimum Gasteiger partial charge on any atom is -0.493 e. The molecule has 3 nitrogen and oxygen atoms in total. The van der Waals surface area contributed by atoms with E-state index in [0.29, 0.717) is 17.1 Å². The monoisotopic (exact) mass is 282 g/mol. The zero-order valence-electron chi connectivity index (χ0n) is 12.4. The van der Waals surface area contributed by atoms with Gasteiger partial charge in [-0.1, -0.05) is 36.4 Å². The average Bonchev–Trinajstić information content (AvgIpc) is 2.55. The van der Waals surface area contributed by atoms with E-state index in [-0.39, 0.29) is 0 Å². The number of allylic oxidation sites excluding steroid dienone is 1. The first-order valence-corrected chi connectivity index (χ1v) is 6.64. The highest BCUT2D eigenvalue weighted by atomic mass is 16.5. The Labute approximate surface area is 124 Å². The van der Waals surface area contributed by atoms with Gasteiger partial charge >= 0.3 is 0 Å². The van der Waals surface area contributed by atoms with Crippen LogP contribution in [-0.4, -0.2) is 20.5 Å². The lowest BCUT2D eigenvalue weighted by Crippen LogP contribution is -1.95. The molecule has 0 saturated heterocycles. The Morgan fingerprint density at radius 2 is 1.52 bits per heavy atom. The molecule has 0 spiro atoms. The molecule has 21 heavy (non-hydrogen) atoms. The van der Waals surface area contributed by atoms with Gasteiger partial charge in [0, 0.05) is 5.56 Å².